The molecule has 2 aromatic rings. The molecule has 0 aliphatic carbocycles. The van der Waals surface area contributed by atoms with Crippen molar-refractivity contribution < 1.29 is 5.11 Å². The van der Waals surface area contributed by atoms with Crippen molar-refractivity contribution in [1.82, 2.24) is 9.97 Å². The van der Waals surface area contributed by atoms with Crippen LogP contribution in [0, 0.1) is 13.8 Å². The van der Waals surface area contributed by atoms with Crippen LogP contribution in [0.1, 0.15) is 16.8 Å². The van der Waals surface area contributed by atoms with Gasteiger partial charge in [0.25, 0.3) is 0 Å². The molecule has 4 heteroatoms. The zero-order valence-electron chi connectivity index (χ0n) is 10.5. The number of aliphatic hydroxyl groups excluding tert-OH is 1. The highest BCUT2D eigenvalue weighted by Gasteiger charge is 2.04. The number of pyridine rings is 2. The number of hydrogen-bond donors (Lipinski definition) is 1. The highest BCUT2D eigenvalue weighted by atomic mass is 16.3. The van der Waals surface area contributed by atoms with E-state index < -0.39 is 0 Å². The predicted molar refractivity (Wildman–Crippen MR) is 71.6 cm³/mol. The standard InChI is InChI=1S/C14H15N3O/c1-10-5-12(7-15-9-18)8-17-14(10)13-3-4-16-11(2)6-13/h3-8,18H,9H2,1-2H3/b15-7+. The third-order valence-electron chi connectivity index (χ3n) is 2.59. The molecular formula is C14H15N3O. The van der Waals surface area contributed by atoms with Gasteiger partial charge in [-0.2, -0.15) is 0 Å². The van der Waals surface area contributed by atoms with E-state index in [-0.39, 0.29) is 6.73 Å². The van der Waals surface area contributed by atoms with Gasteiger partial charge in [0.1, 0.15) is 6.73 Å². The maximum absolute atomic E-state index is 8.63. The third-order valence-corrected chi connectivity index (χ3v) is 2.59. The first kappa shape index (κ1) is 12.4. The van der Waals surface area contributed by atoms with E-state index in [4.69, 9.17) is 5.11 Å². The first-order chi connectivity index (χ1) is 8.70. The van der Waals surface area contributed by atoms with E-state index in [1.54, 1.807) is 18.6 Å². The molecule has 2 rings (SSSR count). The van der Waals surface area contributed by atoms with Gasteiger partial charge in [-0.25, -0.2) is 0 Å². The zero-order valence-corrected chi connectivity index (χ0v) is 10.5. The molecule has 0 aliphatic rings. The molecule has 0 saturated heterocycles. The van der Waals surface area contributed by atoms with Gasteiger partial charge in [0.2, 0.25) is 0 Å². The van der Waals surface area contributed by atoms with Crippen LogP contribution in [0.3, 0.4) is 0 Å². The summed E-state index contributed by atoms with van der Waals surface area (Å²) in [7, 11) is 0. The molecule has 0 aromatic carbocycles. The number of aryl methyl sites for hydroxylation is 2. The Hall–Kier alpha value is -2.07. The van der Waals surface area contributed by atoms with E-state index >= 15 is 0 Å². The van der Waals surface area contributed by atoms with E-state index in [2.05, 4.69) is 15.0 Å². The van der Waals surface area contributed by atoms with Crippen molar-refractivity contribution in [2.45, 2.75) is 13.8 Å². The third kappa shape index (κ3) is 2.78. The summed E-state index contributed by atoms with van der Waals surface area (Å²) in [5, 5.41) is 8.63. The van der Waals surface area contributed by atoms with Crippen LogP contribution in [-0.2, 0) is 0 Å². The first-order valence-corrected chi connectivity index (χ1v) is 5.71. The van der Waals surface area contributed by atoms with E-state index in [0.29, 0.717) is 0 Å². The SMILES string of the molecule is Cc1cc(-c2ncc(/C=N/CO)cc2C)ccn1. The highest BCUT2D eigenvalue weighted by Crippen LogP contribution is 2.21. The van der Waals surface area contributed by atoms with Gasteiger partial charge in [-0.1, -0.05) is 0 Å². The van der Waals surface area contributed by atoms with Crippen LogP contribution < -0.4 is 0 Å². The molecule has 92 valence electrons. The quantitative estimate of drug-likeness (QED) is 0.837. The lowest BCUT2D eigenvalue weighted by Gasteiger charge is -2.06. The molecule has 18 heavy (non-hydrogen) atoms. The fraction of sp³-hybridized carbons (Fsp3) is 0.214. The Morgan fingerprint density at radius 3 is 2.78 bits per heavy atom. The molecule has 2 aromatic heterocycles. The number of aromatic nitrogens is 2. The summed E-state index contributed by atoms with van der Waals surface area (Å²) >= 11 is 0. The monoisotopic (exact) mass is 241 g/mol. The van der Waals surface area contributed by atoms with Gasteiger partial charge in [0.15, 0.2) is 0 Å². The van der Waals surface area contributed by atoms with Crippen molar-refractivity contribution in [2.24, 2.45) is 4.99 Å². The van der Waals surface area contributed by atoms with Crippen LogP contribution in [-0.4, -0.2) is 28.0 Å². The largest absolute Gasteiger partial charge is 0.375 e. The molecule has 1 N–H and O–H groups in total. The molecule has 0 fully saturated rings. The normalized spacial score (nSPS) is 11.1. The van der Waals surface area contributed by atoms with E-state index in [1.807, 2.05) is 32.0 Å². The number of hydrogen-bond acceptors (Lipinski definition) is 4. The van der Waals surface area contributed by atoms with Crippen molar-refractivity contribution in [2.75, 3.05) is 6.73 Å². The second-order valence-corrected chi connectivity index (χ2v) is 4.07. The van der Waals surface area contributed by atoms with Crippen molar-refractivity contribution in [3.8, 4) is 11.3 Å². The lowest BCUT2D eigenvalue weighted by atomic mass is 10.1. The van der Waals surface area contributed by atoms with E-state index in [1.165, 1.54) is 0 Å². The second-order valence-electron chi connectivity index (χ2n) is 4.07. The lowest BCUT2D eigenvalue weighted by Crippen LogP contribution is -1.93. The van der Waals surface area contributed by atoms with E-state index in [9.17, 15) is 0 Å². The van der Waals surface area contributed by atoms with Crippen LogP contribution in [0.4, 0.5) is 0 Å². The van der Waals surface area contributed by atoms with Crippen LogP contribution in [0.25, 0.3) is 11.3 Å². The van der Waals surface area contributed by atoms with Crippen molar-refractivity contribution in [1.29, 1.82) is 0 Å². The van der Waals surface area contributed by atoms with Crippen molar-refractivity contribution >= 4 is 6.21 Å². The number of nitrogens with zero attached hydrogens (tertiary/aromatic N) is 3. The smallest absolute Gasteiger partial charge is 0.134 e. The van der Waals surface area contributed by atoms with Gasteiger partial charge >= 0.3 is 0 Å². The molecule has 0 bridgehead atoms. The summed E-state index contributed by atoms with van der Waals surface area (Å²) in [4.78, 5) is 12.4. The van der Waals surface area contributed by atoms with Gasteiger partial charge in [-0.05, 0) is 37.6 Å². The lowest BCUT2D eigenvalue weighted by molar-refractivity contribution is 0.310. The zero-order chi connectivity index (χ0) is 13.0. The average molecular weight is 241 g/mol. The highest BCUT2D eigenvalue weighted by molar-refractivity contribution is 5.80. The number of aliphatic imine (C=N–C) groups is 1. The molecule has 0 unspecified atom stereocenters. The summed E-state index contributed by atoms with van der Waals surface area (Å²) in [6.07, 6.45) is 5.14. The molecule has 0 spiro atoms. The maximum Gasteiger partial charge on any atom is 0.134 e. The van der Waals surface area contributed by atoms with Crippen LogP contribution in [0.15, 0.2) is 35.6 Å². The summed E-state index contributed by atoms with van der Waals surface area (Å²) in [5.74, 6) is 0. The predicted octanol–water partition coefficient (Wildman–Crippen LogP) is 2.13. The summed E-state index contributed by atoms with van der Waals surface area (Å²) in [6.45, 7) is 3.76. The molecule has 0 radical (unpaired) electrons. The minimum Gasteiger partial charge on any atom is -0.375 e. The topological polar surface area (TPSA) is 58.4 Å². The summed E-state index contributed by atoms with van der Waals surface area (Å²) < 4.78 is 0. The van der Waals surface area contributed by atoms with Gasteiger partial charge < -0.3 is 5.11 Å². The summed E-state index contributed by atoms with van der Waals surface area (Å²) in [5.41, 5.74) is 4.94. The fourth-order valence-electron chi connectivity index (χ4n) is 1.81. The Labute approximate surface area is 106 Å². The fourth-order valence-corrected chi connectivity index (χ4v) is 1.81. The minimum absolute atomic E-state index is 0.204. The Morgan fingerprint density at radius 2 is 2.11 bits per heavy atom. The Kier molecular flexibility index (Phi) is 3.79. The molecule has 4 nitrogen and oxygen atoms in total. The van der Waals surface area contributed by atoms with Gasteiger partial charge in [-0.15, -0.1) is 0 Å². The van der Waals surface area contributed by atoms with Crippen molar-refractivity contribution in [3.63, 3.8) is 0 Å². The first-order valence-electron chi connectivity index (χ1n) is 5.71. The molecule has 2 heterocycles. The van der Waals surface area contributed by atoms with Crippen LogP contribution in [0.5, 0.6) is 0 Å². The van der Waals surface area contributed by atoms with Gasteiger partial charge in [0, 0.05) is 35.4 Å². The van der Waals surface area contributed by atoms with Crippen LogP contribution in [0.2, 0.25) is 0 Å². The second kappa shape index (κ2) is 5.51. The molecule has 0 aliphatic heterocycles. The Morgan fingerprint density at radius 1 is 1.28 bits per heavy atom. The molecule has 0 atom stereocenters. The van der Waals surface area contributed by atoms with Crippen molar-refractivity contribution in [3.05, 3.63) is 47.4 Å². The van der Waals surface area contributed by atoms with Crippen LogP contribution >= 0.6 is 0 Å². The van der Waals surface area contributed by atoms with Gasteiger partial charge in [0.05, 0.1) is 5.69 Å². The molecular weight excluding hydrogens is 226 g/mol. The molecule has 0 saturated carbocycles. The number of aliphatic hydroxyl groups is 1. The number of rotatable bonds is 3. The maximum atomic E-state index is 8.63. The Bertz CT molecular complexity index is 579. The molecule has 0 amide bonds. The van der Waals surface area contributed by atoms with E-state index in [0.717, 1.165) is 28.1 Å². The average Bonchev–Trinajstić information content (AvgIpc) is 2.36. The minimum atomic E-state index is -0.204. The summed E-state index contributed by atoms with van der Waals surface area (Å²) in [6, 6.07) is 5.96. The Balaban J connectivity index is 2.38. The van der Waals surface area contributed by atoms with Gasteiger partial charge in [-0.3, -0.25) is 15.0 Å².